The summed E-state index contributed by atoms with van der Waals surface area (Å²) < 4.78 is 0. The molecule has 0 heterocycles. The fraction of sp³-hybridized carbons (Fsp3) is 0.125. The van der Waals surface area contributed by atoms with Crippen LogP contribution in [0.2, 0.25) is 0 Å². The minimum atomic E-state index is -2.04. The number of rotatable bonds is 2. The van der Waals surface area contributed by atoms with Crippen molar-refractivity contribution in [3.8, 4) is 11.1 Å². The number of carbonyl (C=O) groups is 2. The van der Waals surface area contributed by atoms with Gasteiger partial charge < -0.3 is 9.94 Å². The van der Waals surface area contributed by atoms with Gasteiger partial charge in [-0.05, 0) is 11.1 Å². The third kappa shape index (κ3) is 2.28. The molecule has 0 fully saturated rings. The molecular formula is C16H13ClN2O4. The zero-order valence-corrected chi connectivity index (χ0v) is 12.7. The summed E-state index contributed by atoms with van der Waals surface area (Å²) >= 11 is 5.36. The third-order valence-corrected chi connectivity index (χ3v) is 3.99. The summed E-state index contributed by atoms with van der Waals surface area (Å²) in [6.07, 6.45) is 0. The summed E-state index contributed by atoms with van der Waals surface area (Å²) in [5.74, 6) is 3.02. The number of hydrogen-bond acceptors (Lipinski definition) is 5. The Balaban J connectivity index is 2.07. The number of hydrogen-bond donors (Lipinski definition) is 2. The smallest absolute Gasteiger partial charge is 0.370 e. The quantitative estimate of drug-likeness (QED) is 0.374. The van der Waals surface area contributed by atoms with E-state index in [0.29, 0.717) is 11.1 Å². The number of benzene rings is 2. The second-order valence-electron chi connectivity index (χ2n) is 5.03. The molecular weight excluding hydrogens is 320 g/mol. The molecule has 0 saturated carbocycles. The van der Waals surface area contributed by atoms with E-state index < -0.39 is 23.4 Å². The molecule has 0 bridgehead atoms. The van der Waals surface area contributed by atoms with Crippen LogP contribution in [0.15, 0.2) is 48.5 Å². The van der Waals surface area contributed by atoms with Crippen LogP contribution in [0, 0.1) is 0 Å². The molecule has 0 aliphatic heterocycles. The fourth-order valence-corrected chi connectivity index (χ4v) is 2.81. The number of carbonyl (C=O) groups excluding carboxylic acids is 2. The predicted molar refractivity (Wildman–Crippen MR) is 82.7 cm³/mol. The van der Waals surface area contributed by atoms with Crippen molar-refractivity contribution in [3.63, 3.8) is 0 Å². The summed E-state index contributed by atoms with van der Waals surface area (Å²) in [5.41, 5.74) is 0.137. The number of aliphatic hydroxyl groups is 1. The van der Waals surface area contributed by atoms with Crippen LogP contribution in [0.3, 0.4) is 0 Å². The number of nitrogens with zero attached hydrogens (tertiary/aromatic N) is 1. The van der Waals surface area contributed by atoms with E-state index in [0.717, 1.165) is 11.1 Å². The molecule has 1 aliphatic carbocycles. The van der Waals surface area contributed by atoms with E-state index in [4.69, 9.17) is 22.3 Å². The van der Waals surface area contributed by atoms with E-state index in [2.05, 4.69) is 0 Å². The lowest BCUT2D eigenvalue weighted by atomic mass is 9.92. The van der Waals surface area contributed by atoms with Crippen molar-refractivity contribution in [2.75, 3.05) is 5.88 Å². The Labute approximate surface area is 137 Å². The normalized spacial score (nSPS) is 13.9. The van der Waals surface area contributed by atoms with Gasteiger partial charge in [-0.15, -0.1) is 11.6 Å². The van der Waals surface area contributed by atoms with Crippen molar-refractivity contribution in [1.29, 1.82) is 0 Å². The average molecular weight is 333 g/mol. The molecule has 118 valence electrons. The molecule has 0 radical (unpaired) electrons. The first-order chi connectivity index (χ1) is 11.0. The van der Waals surface area contributed by atoms with E-state index in [1.807, 2.05) is 0 Å². The van der Waals surface area contributed by atoms with Crippen LogP contribution in [0.1, 0.15) is 11.1 Å². The molecule has 0 atom stereocenters. The molecule has 1 aliphatic rings. The molecule has 7 heteroatoms. The maximum atomic E-state index is 12.5. The Kier molecular flexibility index (Phi) is 3.81. The van der Waals surface area contributed by atoms with E-state index in [-0.39, 0.29) is 5.17 Å². The molecule has 1 amide bonds. The zero-order valence-electron chi connectivity index (χ0n) is 11.9. The van der Waals surface area contributed by atoms with Crippen LogP contribution in [0.5, 0.6) is 0 Å². The zero-order chi connectivity index (χ0) is 16.6. The Morgan fingerprint density at radius 2 is 1.57 bits per heavy atom. The highest BCUT2D eigenvalue weighted by Crippen LogP contribution is 2.47. The van der Waals surface area contributed by atoms with Gasteiger partial charge in [0.15, 0.2) is 0 Å². The Bertz CT molecular complexity index is 748. The van der Waals surface area contributed by atoms with E-state index >= 15 is 0 Å². The van der Waals surface area contributed by atoms with E-state index in [9.17, 15) is 14.7 Å². The van der Waals surface area contributed by atoms with Crippen LogP contribution in [0.25, 0.3) is 11.1 Å². The van der Waals surface area contributed by atoms with Gasteiger partial charge in [-0.3, -0.25) is 4.79 Å². The molecule has 3 rings (SSSR count). The summed E-state index contributed by atoms with van der Waals surface area (Å²) in [7, 11) is 0. The highest BCUT2D eigenvalue weighted by atomic mass is 35.5. The van der Waals surface area contributed by atoms with Gasteiger partial charge in [-0.2, -0.15) is 0 Å². The molecule has 2 aromatic rings. The van der Waals surface area contributed by atoms with Crippen molar-refractivity contribution >= 4 is 23.5 Å². The molecule has 3 N–H and O–H groups in total. The second kappa shape index (κ2) is 5.66. The number of hydrazine groups is 1. The molecule has 0 spiro atoms. The first-order valence-electron chi connectivity index (χ1n) is 6.78. The van der Waals surface area contributed by atoms with E-state index in [1.54, 1.807) is 48.5 Å². The van der Waals surface area contributed by atoms with Crippen LogP contribution < -0.4 is 5.84 Å². The Morgan fingerprint density at radius 1 is 1.09 bits per heavy atom. The standard InChI is InChI=1S/C16H13ClN2O4/c17-9-14(20)19(18)23-15(21)16(22)12-7-3-1-5-10(12)11-6-2-4-8-13(11)16/h1-8,22H,9,18H2. The molecule has 0 aromatic heterocycles. The third-order valence-electron chi connectivity index (χ3n) is 3.76. The second-order valence-corrected chi connectivity index (χ2v) is 5.30. The fourth-order valence-electron chi connectivity index (χ4n) is 2.70. The van der Waals surface area contributed by atoms with Crippen molar-refractivity contribution < 1.29 is 19.5 Å². The molecule has 0 saturated heterocycles. The number of amides is 1. The molecule has 6 nitrogen and oxygen atoms in total. The maximum absolute atomic E-state index is 12.5. The van der Waals surface area contributed by atoms with Crippen LogP contribution in [-0.2, 0) is 20.0 Å². The van der Waals surface area contributed by atoms with Crippen molar-refractivity contribution in [2.45, 2.75) is 5.60 Å². The lowest BCUT2D eigenvalue weighted by molar-refractivity contribution is -0.211. The minimum absolute atomic E-state index is 0.233. The number of hydroxylamine groups is 1. The van der Waals surface area contributed by atoms with Gasteiger partial charge in [0.25, 0.3) is 5.91 Å². The first-order valence-corrected chi connectivity index (χ1v) is 7.31. The molecule has 0 unspecified atom stereocenters. The van der Waals surface area contributed by atoms with Gasteiger partial charge in [0.05, 0.1) is 0 Å². The van der Waals surface area contributed by atoms with E-state index in [1.165, 1.54) is 0 Å². The molecule has 23 heavy (non-hydrogen) atoms. The topological polar surface area (TPSA) is 92.9 Å². The number of halogens is 1. The summed E-state index contributed by atoms with van der Waals surface area (Å²) in [4.78, 5) is 28.7. The van der Waals surface area contributed by atoms with Gasteiger partial charge >= 0.3 is 5.97 Å². The first kappa shape index (κ1) is 15.5. The number of alkyl halides is 1. The van der Waals surface area contributed by atoms with Crippen molar-refractivity contribution in [1.82, 2.24) is 5.17 Å². The number of fused-ring (bicyclic) bond motifs is 3. The minimum Gasteiger partial charge on any atom is -0.370 e. The SMILES string of the molecule is NN(OC(=O)C1(O)c2ccccc2-c2ccccc21)C(=O)CCl. The van der Waals surface area contributed by atoms with Gasteiger partial charge in [-0.1, -0.05) is 53.7 Å². The molecule has 2 aromatic carbocycles. The van der Waals surface area contributed by atoms with Gasteiger partial charge in [0.2, 0.25) is 5.60 Å². The summed E-state index contributed by atoms with van der Waals surface area (Å²) in [6, 6.07) is 13.9. The summed E-state index contributed by atoms with van der Waals surface area (Å²) in [6.45, 7) is 0. The van der Waals surface area contributed by atoms with Crippen molar-refractivity contribution in [2.24, 2.45) is 5.84 Å². The summed E-state index contributed by atoms with van der Waals surface area (Å²) in [5, 5.41) is 11.3. The monoisotopic (exact) mass is 332 g/mol. The predicted octanol–water partition coefficient (Wildman–Crippen LogP) is 1.30. The number of nitrogens with two attached hydrogens (primary N) is 1. The Hall–Kier alpha value is -2.41. The van der Waals surface area contributed by atoms with Crippen LogP contribution in [0.4, 0.5) is 0 Å². The van der Waals surface area contributed by atoms with Crippen LogP contribution >= 0.6 is 11.6 Å². The largest absolute Gasteiger partial charge is 0.374 e. The lowest BCUT2D eigenvalue weighted by Crippen LogP contribution is -2.46. The van der Waals surface area contributed by atoms with Gasteiger partial charge in [-0.25, -0.2) is 10.6 Å². The Morgan fingerprint density at radius 3 is 2.04 bits per heavy atom. The maximum Gasteiger partial charge on any atom is 0.374 e. The van der Waals surface area contributed by atoms with Gasteiger partial charge in [0, 0.05) is 11.1 Å². The average Bonchev–Trinajstić information content (AvgIpc) is 2.85. The highest BCUT2D eigenvalue weighted by Gasteiger charge is 2.50. The van der Waals surface area contributed by atoms with Crippen LogP contribution in [-0.4, -0.2) is 28.0 Å². The lowest BCUT2D eigenvalue weighted by Gasteiger charge is -2.25. The van der Waals surface area contributed by atoms with Crippen molar-refractivity contribution in [3.05, 3.63) is 59.7 Å². The highest BCUT2D eigenvalue weighted by molar-refractivity contribution is 6.27. The van der Waals surface area contributed by atoms with Gasteiger partial charge in [0.1, 0.15) is 5.88 Å².